The zero-order valence-electron chi connectivity index (χ0n) is 16.6. The van der Waals surface area contributed by atoms with Crippen LogP contribution in [0.1, 0.15) is 57.4 Å². The Morgan fingerprint density at radius 1 is 1.11 bits per heavy atom. The largest absolute Gasteiger partial charge is 0.347 e. The Morgan fingerprint density at radius 2 is 1.89 bits per heavy atom. The Morgan fingerprint density at radius 3 is 2.61 bits per heavy atom. The van der Waals surface area contributed by atoms with Crippen molar-refractivity contribution >= 4 is 5.91 Å². The lowest BCUT2D eigenvalue weighted by Gasteiger charge is -2.65. The van der Waals surface area contributed by atoms with Gasteiger partial charge in [0.05, 0.1) is 18.0 Å². The van der Waals surface area contributed by atoms with E-state index in [9.17, 15) is 13.6 Å². The molecule has 1 amide bonds. The van der Waals surface area contributed by atoms with Crippen LogP contribution in [0.5, 0.6) is 0 Å². The fraction of sp³-hybridized carbons (Fsp3) is 0.696. The summed E-state index contributed by atoms with van der Waals surface area (Å²) >= 11 is 0. The van der Waals surface area contributed by atoms with Gasteiger partial charge in [-0.1, -0.05) is 37.3 Å². The molecule has 4 aliphatic carbocycles. The van der Waals surface area contributed by atoms with Crippen LogP contribution in [0, 0.1) is 16.7 Å². The van der Waals surface area contributed by atoms with E-state index in [-0.39, 0.29) is 23.3 Å². The van der Waals surface area contributed by atoms with Crippen molar-refractivity contribution in [2.45, 2.75) is 69.2 Å². The van der Waals surface area contributed by atoms with E-state index in [0.29, 0.717) is 18.9 Å². The molecule has 4 saturated carbocycles. The number of halogens is 2. The molecule has 152 valence electrons. The van der Waals surface area contributed by atoms with Crippen LogP contribution < -0.4 is 10.6 Å². The summed E-state index contributed by atoms with van der Waals surface area (Å²) in [5, 5.41) is 5.57. The van der Waals surface area contributed by atoms with Crippen LogP contribution in [0.2, 0.25) is 0 Å². The number of alkyl halides is 2. The summed E-state index contributed by atoms with van der Waals surface area (Å²) in [6, 6.07) is 9.55. The number of nitrogens with one attached hydrogen (secondary N) is 2. The molecule has 5 atom stereocenters. The molecule has 28 heavy (non-hydrogen) atoms. The van der Waals surface area contributed by atoms with Crippen LogP contribution in [0.3, 0.4) is 0 Å². The van der Waals surface area contributed by atoms with Gasteiger partial charge in [0.25, 0.3) is 5.92 Å². The lowest BCUT2D eigenvalue weighted by atomic mass is 9.38. The smallest absolute Gasteiger partial charge is 0.280 e. The molecule has 1 aromatic rings. The summed E-state index contributed by atoms with van der Waals surface area (Å²) in [6.07, 6.45) is 6.20. The van der Waals surface area contributed by atoms with Crippen LogP contribution in [-0.4, -0.2) is 31.0 Å². The monoisotopic (exact) mass is 388 g/mol. The predicted molar refractivity (Wildman–Crippen MR) is 104 cm³/mol. The highest BCUT2D eigenvalue weighted by Crippen LogP contribution is 2.70. The number of hydrogen-bond donors (Lipinski definition) is 2. The van der Waals surface area contributed by atoms with E-state index in [1.165, 1.54) is 12.0 Å². The summed E-state index contributed by atoms with van der Waals surface area (Å²) < 4.78 is 28.7. The third-order valence-electron chi connectivity index (χ3n) is 8.00. The highest BCUT2D eigenvalue weighted by molar-refractivity contribution is 5.84. The maximum Gasteiger partial charge on any atom is 0.280 e. The van der Waals surface area contributed by atoms with Gasteiger partial charge in [-0.3, -0.25) is 4.79 Å². The van der Waals surface area contributed by atoms with E-state index in [0.717, 1.165) is 32.1 Å². The van der Waals surface area contributed by atoms with Crippen molar-refractivity contribution in [3.8, 4) is 0 Å². The Bertz CT molecular complexity index is 784. The lowest BCUT2D eigenvalue weighted by molar-refractivity contribution is -0.164. The minimum absolute atomic E-state index is 0.0173. The quantitative estimate of drug-likeness (QED) is 0.821. The van der Waals surface area contributed by atoms with Crippen LogP contribution in [0.25, 0.3) is 0 Å². The van der Waals surface area contributed by atoms with Gasteiger partial charge in [-0.15, -0.1) is 0 Å². The van der Waals surface area contributed by atoms with Crippen molar-refractivity contribution in [1.29, 1.82) is 0 Å². The molecule has 1 saturated heterocycles. The van der Waals surface area contributed by atoms with Gasteiger partial charge in [-0.05, 0) is 73.8 Å². The highest BCUT2D eigenvalue weighted by atomic mass is 19.3. The summed E-state index contributed by atoms with van der Waals surface area (Å²) in [6.45, 7) is 2.50. The second-order valence-corrected chi connectivity index (χ2v) is 10.5. The van der Waals surface area contributed by atoms with Crippen molar-refractivity contribution < 1.29 is 13.6 Å². The Labute approximate surface area is 165 Å². The first-order chi connectivity index (χ1) is 13.2. The third kappa shape index (κ3) is 2.80. The zero-order chi connectivity index (χ0) is 19.6. The Kier molecular flexibility index (Phi) is 3.98. The molecule has 1 aromatic carbocycles. The molecule has 5 aliphatic rings. The summed E-state index contributed by atoms with van der Waals surface area (Å²) in [5.41, 5.74) is 0.979. The number of amides is 1. The number of carbonyl (C=O) groups is 1. The topological polar surface area (TPSA) is 41.1 Å². The highest BCUT2D eigenvalue weighted by Gasteiger charge is 2.65. The van der Waals surface area contributed by atoms with E-state index in [2.05, 4.69) is 41.8 Å². The van der Waals surface area contributed by atoms with Gasteiger partial charge in [0.1, 0.15) is 0 Å². The molecule has 0 spiro atoms. The number of piperidine rings is 1. The zero-order valence-corrected chi connectivity index (χ0v) is 16.6. The number of carbonyl (C=O) groups excluding carboxylic acids is 1. The minimum atomic E-state index is -2.88. The summed E-state index contributed by atoms with van der Waals surface area (Å²) in [4.78, 5) is 13.5. The molecule has 6 rings (SSSR count). The molecule has 2 N–H and O–H groups in total. The first-order valence-corrected chi connectivity index (χ1v) is 10.7. The predicted octanol–water partition coefficient (Wildman–Crippen LogP) is 4.03. The van der Waals surface area contributed by atoms with E-state index in [4.69, 9.17) is 0 Å². The van der Waals surface area contributed by atoms with E-state index >= 15 is 0 Å². The molecule has 1 heterocycles. The molecule has 4 unspecified atom stereocenters. The van der Waals surface area contributed by atoms with Gasteiger partial charge in [0.2, 0.25) is 5.91 Å². The molecular formula is C23H30F2N2O. The van der Waals surface area contributed by atoms with Gasteiger partial charge in [-0.25, -0.2) is 8.78 Å². The Balaban J connectivity index is 1.47. The van der Waals surface area contributed by atoms with Crippen molar-refractivity contribution in [2.24, 2.45) is 16.7 Å². The second-order valence-electron chi connectivity index (χ2n) is 10.5. The molecule has 1 aliphatic heterocycles. The third-order valence-corrected chi connectivity index (χ3v) is 8.00. The minimum Gasteiger partial charge on any atom is -0.347 e. The van der Waals surface area contributed by atoms with E-state index in [1.807, 2.05) is 6.07 Å². The molecule has 0 radical (unpaired) electrons. The number of hydrogen-bond acceptors (Lipinski definition) is 2. The maximum absolute atomic E-state index is 14.3. The average Bonchev–Trinajstić information content (AvgIpc) is 2.62. The van der Waals surface area contributed by atoms with Crippen molar-refractivity contribution in [1.82, 2.24) is 10.6 Å². The molecule has 3 nitrogen and oxygen atoms in total. The van der Waals surface area contributed by atoms with Crippen molar-refractivity contribution in [3.05, 3.63) is 35.9 Å². The second kappa shape index (κ2) is 6.01. The lowest BCUT2D eigenvalue weighted by Crippen LogP contribution is -2.65. The molecule has 5 heteroatoms. The van der Waals surface area contributed by atoms with E-state index < -0.39 is 17.4 Å². The average molecular weight is 389 g/mol. The fourth-order valence-corrected chi connectivity index (χ4v) is 7.61. The molecular weight excluding hydrogens is 358 g/mol. The number of benzene rings is 1. The first-order valence-electron chi connectivity index (χ1n) is 10.7. The summed E-state index contributed by atoms with van der Waals surface area (Å²) in [7, 11) is 0. The van der Waals surface area contributed by atoms with Crippen LogP contribution in [0.15, 0.2) is 30.3 Å². The molecule has 4 bridgehead atoms. The first kappa shape index (κ1) is 18.5. The SMILES string of the molecule is C[C@@]12CC3CC(C(=O)NC4CCNCC4(F)F)(CC(c4ccccc4)(C3)C1)C2. The van der Waals surface area contributed by atoms with Gasteiger partial charge in [-0.2, -0.15) is 0 Å². The fourth-order valence-electron chi connectivity index (χ4n) is 7.61. The van der Waals surface area contributed by atoms with Gasteiger partial charge >= 0.3 is 0 Å². The molecule has 0 aromatic heterocycles. The molecule has 5 fully saturated rings. The van der Waals surface area contributed by atoms with Crippen LogP contribution in [0.4, 0.5) is 8.78 Å². The van der Waals surface area contributed by atoms with Gasteiger partial charge in [0.15, 0.2) is 0 Å². The van der Waals surface area contributed by atoms with Crippen LogP contribution >= 0.6 is 0 Å². The summed E-state index contributed by atoms with van der Waals surface area (Å²) in [5.74, 6) is -2.48. The number of rotatable bonds is 3. The van der Waals surface area contributed by atoms with Gasteiger partial charge < -0.3 is 10.6 Å². The van der Waals surface area contributed by atoms with E-state index in [1.54, 1.807) is 0 Å². The normalized spacial score (nSPS) is 43.7. The maximum atomic E-state index is 14.3. The standard InChI is InChI=1S/C23H30F2N2O/c1-20-9-16-10-21(12-20,17-5-3-2-4-6-17)14-22(11-16,13-20)19(28)27-18-7-8-26-15-23(18,24)25/h2-6,16,18,26H,7-15H2,1H3,(H,27,28)/t16?,18?,20-,21?,22?/m1/s1. The van der Waals surface area contributed by atoms with Crippen molar-refractivity contribution in [3.63, 3.8) is 0 Å². The van der Waals surface area contributed by atoms with Gasteiger partial charge in [0, 0.05) is 0 Å². The van der Waals surface area contributed by atoms with Crippen molar-refractivity contribution in [2.75, 3.05) is 13.1 Å². The Hall–Kier alpha value is -1.49. The van der Waals surface area contributed by atoms with Crippen LogP contribution in [-0.2, 0) is 10.2 Å².